The quantitative estimate of drug-likeness (QED) is 0.450. The van der Waals surface area contributed by atoms with E-state index < -0.39 is 10.8 Å². The fourth-order valence-corrected chi connectivity index (χ4v) is 2.50. The van der Waals surface area contributed by atoms with Crippen LogP contribution in [0.15, 0.2) is 59.0 Å². The molecular weight excluding hydrogens is 380 g/mol. The van der Waals surface area contributed by atoms with Crippen LogP contribution in [0.2, 0.25) is 0 Å². The van der Waals surface area contributed by atoms with E-state index in [1.807, 2.05) is 0 Å². The third-order valence-electron chi connectivity index (χ3n) is 3.95. The van der Waals surface area contributed by atoms with Crippen LogP contribution in [0.5, 0.6) is 17.2 Å². The third kappa shape index (κ3) is 4.83. The molecule has 0 fully saturated rings. The molecule has 0 aliphatic heterocycles. The number of furan rings is 1. The van der Waals surface area contributed by atoms with Crippen LogP contribution in [0.25, 0.3) is 0 Å². The molecule has 0 bridgehead atoms. The van der Waals surface area contributed by atoms with Gasteiger partial charge >= 0.3 is 0 Å². The second-order valence-corrected chi connectivity index (χ2v) is 5.83. The summed E-state index contributed by atoms with van der Waals surface area (Å²) in [5, 5.41) is 13.5. The van der Waals surface area contributed by atoms with Crippen molar-refractivity contribution < 1.29 is 28.3 Å². The summed E-state index contributed by atoms with van der Waals surface area (Å²) in [6, 6.07) is 14.1. The summed E-state index contributed by atoms with van der Waals surface area (Å²) in [6.45, 7) is 0.126. The Bertz CT molecular complexity index is 1030. The minimum atomic E-state index is -0.546. The Kier molecular flexibility index (Phi) is 5.98. The number of nitrogens with zero attached hydrogens (tertiary/aromatic N) is 1. The van der Waals surface area contributed by atoms with E-state index in [4.69, 9.17) is 18.6 Å². The first-order valence-corrected chi connectivity index (χ1v) is 8.49. The van der Waals surface area contributed by atoms with E-state index >= 15 is 0 Å². The molecule has 0 saturated heterocycles. The number of carbonyl (C=O) groups is 1. The minimum absolute atomic E-state index is 0.0645. The maximum atomic E-state index is 12.4. The van der Waals surface area contributed by atoms with Gasteiger partial charge in [0.1, 0.15) is 29.6 Å². The van der Waals surface area contributed by atoms with Crippen molar-refractivity contribution in [3.8, 4) is 17.2 Å². The van der Waals surface area contributed by atoms with Crippen molar-refractivity contribution in [3.63, 3.8) is 0 Å². The summed E-state index contributed by atoms with van der Waals surface area (Å²) in [6.07, 6.45) is 0. The highest BCUT2D eigenvalue weighted by atomic mass is 16.6. The zero-order valence-corrected chi connectivity index (χ0v) is 15.7. The summed E-state index contributed by atoms with van der Waals surface area (Å²) < 4.78 is 21.4. The van der Waals surface area contributed by atoms with Gasteiger partial charge in [-0.3, -0.25) is 14.9 Å². The monoisotopic (exact) mass is 398 g/mol. The first-order chi connectivity index (χ1) is 14.0. The van der Waals surface area contributed by atoms with Crippen LogP contribution in [0.4, 0.5) is 11.4 Å². The molecule has 3 aromatic rings. The highest BCUT2D eigenvalue weighted by Crippen LogP contribution is 2.29. The van der Waals surface area contributed by atoms with Crippen LogP contribution >= 0.6 is 0 Å². The number of hydrogen-bond donors (Lipinski definition) is 1. The Hall–Kier alpha value is -4.01. The van der Waals surface area contributed by atoms with E-state index in [1.54, 1.807) is 37.4 Å². The number of hydrogen-bond acceptors (Lipinski definition) is 7. The minimum Gasteiger partial charge on any atom is -0.497 e. The summed E-state index contributed by atoms with van der Waals surface area (Å²) in [5.74, 6) is 1.43. The van der Waals surface area contributed by atoms with Gasteiger partial charge in [0.15, 0.2) is 5.76 Å². The van der Waals surface area contributed by atoms with E-state index in [0.717, 1.165) is 0 Å². The molecule has 150 valence electrons. The Labute approximate surface area is 166 Å². The largest absolute Gasteiger partial charge is 0.497 e. The maximum absolute atomic E-state index is 12.4. The lowest BCUT2D eigenvalue weighted by Gasteiger charge is -2.09. The van der Waals surface area contributed by atoms with Crippen molar-refractivity contribution in [2.24, 2.45) is 0 Å². The number of ether oxygens (including phenoxy) is 3. The van der Waals surface area contributed by atoms with Gasteiger partial charge < -0.3 is 23.9 Å². The fourth-order valence-electron chi connectivity index (χ4n) is 2.50. The molecule has 0 aliphatic rings. The molecule has 0 atom stereocenters. The predicted molar refractivity (Wildman–Crippen MR) is 104 cm³/mol. The van der Waals surface area contributed by atoms with Crippen molar-refractivity contribution in [2.45, 2.75) is 6.61 Å². The van der Waals surface area contributed by atoms with Crippen molar-refractivity contribution in [1.29, 1.82) is 0 Å². The maximum Gasteiger partial charge on any atom is 0.291 e. The molecule has 2 aromatic carbocycles. The first-order valence-electron chi connectivity index (χ1n) is 8.49. The van der Waals surface area contributed by atoms with Gasteiger partial charge in [-0.1, -0.05) is 6.07 Å². The number of benzene rings is 2. The SMILES string of the molecule is COc1cccc(OCc2ccc(C(=O)Nc3ccc([N+](=O)[O-])cc3OC)o2)c1. The number of carbonyl (C=O) groups excluding carboxylic acids is 1. The summed E-state index contributed by atoms with van der Waals surface area (Å²) in [4.78, 5) is 22.7. The molecule has 1 amide bonds. The van der Waals surface area contributed by atoms with Crippen LogP contribution in [0, 0.1) is 10.1 Å². The lowest BCUT2D eigenvalue weighted by molar-refractivity contribution is -0.384. The zero-order chi connectivity index (χ0) is 20.8. The number of nitro groups is 1. The zero-order valence-electron chi connectivity index (χ0n) is 15.7. The normalized spacial score (nSPS) is 10.3. The lowest BCUT2D eigenvalue weighted by Crippen LogP contribution is -2.12. The topological polar surface area (TPSA) is 113 Å². The Morgan fingerprint density at radius 1 is 1.07 bits per heavy atom. The molecule has 1 heterocycles. The second kappa shape index (κ2) is 8.79. The van der Waals surface area contributed by atoms with E-state index in [1.165, 1.54) is 31.4 Å². The van der Waals surface area contributed by atoms with Gasteiger partial charge in [0, 0.05) is 12.1 Å². The molecule has 0 radical (unpaired) electrons. The third-order valence-corrected chi connectivity index (χ3v) is 3.95. The lowest BCUT2D eigenvalue weighted by atomic mass is 10.2. The molecule has 9 heteroatoms. The Morgan fingerprint density at radius 3 is 2.59 bits per heavy atom. The van der Waals surface area contributed by atoms with Crippen LogP contribution < -0.4 is 19.5 Å². The van der Waals surface area contributed by atoms with Gasteiger partial charge in [0.25, 0.3) is 11.6 Å². The average Bonchev–Trinajstić information content (AvgIpc) is 3.21. The van der Waals surface area contributed by atoms with E-state index in [-0.39, 0.29) is 29.5 Å². The molecular formula is C20H18N2O7. The van der Waals surface area contributed by atoms with Gasteiger partial charge in [0.2, 0.25) is 0 Å². The van der Waals surface area contributed by atoms with E-state index in [9.17, 15) is 14.9 Å². The highest BCUT2D eigenvalue weighted by Gasteiger charge is 2.16. The molecule has 0 saturated carbocycles. The van der Waals surface area contributed by atoms with Crippen molar-refractivity contribution >= 4 is 17.3 Å². The van der Waals surface area contributed by atoms with Gasteiger partial charge in [-0.05, 0) is 30.3 Å². The highest BCUT2D eigenvalue weighted by molar-refractivity contribution is 6.03. The number of anilines is 1. The van der Waals surface area contributed by atoms with Gasteiger partial charge in [0.05, 0.1) is 30.9 Å². The average molecular weight is 398 g/mol. The van der Waals surface area contributed by atoms with Crippen molar-refractivity contribution in [1.82, 2.24) is 0 Å². The summed E-state index contributed by atoms with van der Waals surface area (Å²) in [7, 11) is 2.92. The molecule has 3 rings (SSSR count). The van der Waals surface area contributed by atoms with Crippen LogP contribution in [-0.4, -0.2) is 25.1 Å². The van der Waals surface area contributed by atoms with E-state index in [0.29, 0.717) is 17.3 Å². The molecule has 0 aliphatic carbocycles. The molecule has 1 aromatic heterocycles. The molecule has 0 unspecified atom stereocenters. The van der Waals surface area contributed by atoms with Crippen LogP contribution in [-0.2, 0) is 6.61 Å². The van der Waals surface area contributed by atoms with Gasteiger partial charge in [-0.2, -0.15) is 0 Å². The smallest absolute Gasteiger partial charge is 0.291 e. The molecule has 9 nitrogen and oxygen atoms in total. The number of non-ortho nitro benzene ring substituents is 1. The Morgan fingerprint density at radius 2 is 1.86 bits per heavy atom. The number of rotatable bonds is 8. The molecule has 29 heavy (non-hydrogen) atoms. The first kappa shape index (κ1) is 19.7. The Balaban J connectivity index is 1.65. The molecule has 1 N–H and O–H groups in total. The second-order valence-electron chi connectivity index (χ2n) is 5.83. The van der Waals surface area contributed by atoms with Crippen LogP contribution in [0.3, 0.4) is 0 Å². The van der Waals surface area contributed by atoms with E-state index in [2.05, 4.69) is 5.32 Å². The number of methoxy groups -OCH3 is 2. The summed E-state index contributed by atoms with van der Waals surface area (Å²) >= 11 is 0. The van der Waals surface area contributed by atoms with Gasteiger partial charge in [-0.15, -0.1) is 0 Å². The van der Waals surface area contributed by atoms with Crippen molar-refractivity contribution in [3.05, 3.63) is 76.2 Å². The standard InChI is InChI=1S/C20H18N2O7/c1-26-14-4-3-5-15(11-14)28-12-16-7-9-18(29-16)20(23)21-17-8-6-13(22(24)25)10-19(17)27-2/h3-11H,12H2,1-2H3,(H,21,23). The van der Waals surface area contributed by atoms with Crippen molar-refractivity contribution in [2.75, 3.05) is 19.5 Å². The predicted octanol–water partition coefficient (Wildman–Crippen LogP) is 4.04. The van der Waals surface area contributed by atoms with Crippen LogP contribution in [0.1, 0.15) is 16.3 Å². The number of nitro benzene ring substituents is 1. The summed E-state index contributed by atoms with van der Waals surface area (Å²) in [5.41, 5.74) is 0.142. The van der Waals surface area contributed by atoms with Gasteiger partial charge in [-0.25, -0.2) is 0 Å². The fraction of sp³-hybridized carbons (Fsp3) is 0.150. The molecule has 0 spiro atoms. The number of nitrogens with one attached hydrogen (secondary N) is 1. The number of amides is 1.